The van der Waals surface area contributed by atoms with E-state index in [1.807, 2.05) is 30.3 Å². The molecule has 2 heterocycles. The van der Waals surface area contributed by atoms with Crippen molar-refractivity contribution >= 4 is 33.6 Å². The number of hydrogen-bond acceptors (Lipinski definition) is 4. The summed E-state index contributed by atoms with van der Waals surface area (Å²) >= 11 is 3.26. The first kappa shape index (κ1) is 19.2. The summed E-state index contributed by atoms with van der Waals surface area (Å²) in [7, 11) is 0. The number of aromatic amines is 1. The summed E-state index contributed by atoms with van der Waals surface area (Å²) in [6, 6.07) is 11.0. The minimum atomic E-state index is -0.374. The Kier molecular flexibility index (Phi) is 6.28. The molecule has 142 valence electrons. The van der Waals surface area contributed by atoms with Gasteiger partial charge in [0.05, 0.1) is 0 Å². The molecule has 0 spiro atoms. The van der Waals surface area contributed by atoms with E-state index in [9.17, 15) is 14.4 Å². The van der Waals surface area contributed by atoms with Crippen molar-refractivity contribution in [3.05, 3.63) is 63.0 Å². The summed E-state index contributed by atoms with van der Waals surface area (Å²) < 4.78 is 6.00. The van der Waals surface area contributed by atoms with Gasteiger partial charge in [0.15, 0.2) is 0 Å². The zero-order chi connectivity index (χ0) is 19.2. The van der Waals surface area contributed by atoms with Crippen molar-refractivity contribution in [3.63, 3.8) is 0 Å². The first-order valence-corrected chi connectivity index (χ1v) is 9.47. The lowest BCUT2D eigenvalue weighted by Crippen LogP contribution is -2.42. The van der Waals surface area contributed by atoms with Crippen LogP contribution in [0.5, 0.6) is 0 Å². The molecule has 8 heteroatoms. The number of carbonyl (C=O) groups is 2. The number of amides is 2. The molecule has 0 atom stereocenters. The average Bonchev–Trinajstić information content (AvgIpc) is 2.70. The highest BCUT2D eigenvalue weighted by molar-refractivity contribution is 9.10. The molecule has 7 nitrogen and oxygen atoms in total. The number of nitrogens with one attached hydrogen (secondary N) is 2. The second-order valence-corrected chi connectivity index (χ2v) is 7.27. The van der Waals surface area contributed by atoms with Gasteiger partial charge in [-0.05, 0) is 40.4 Å². The minimum absolute atomic E-state index is 0.207. The molecule has 0 unspecified atom stereocenters. The molecule has 2 amide bonds. The maximum absolute atomic E-state index is 12.4. The Morgan fingerprint density at radius 1 is 1.22 bits per heavy atom. The standard InChI is InChI=1S/C19H20BrN3O4/c20-15-10-16(18(25)21-11-15)22-17(24)14-6-8-23(9-7-14)19(26)27-12-13-4-2-1-3-5-13/h1-5,10-11,14H,6-9,12H2,(H,21,25)(H,22,24). The molecule has 2 N–H and O–H groups in total. The molecule has 0 aliphatic carbocycles. The maximum atomic E-state index is 12.4. The van der Waals surface area contributed by atoms with Gasteiger partial charge in [-0.1, -0.05) is 30.3 Å². The van der Waals surface area contributed by atoms with Crippen LogP contribution in [0.4, 0.5) is 10.5 Å². The Morgan fingerprint density at radius 3 is 2.63 bits per heavy atom. The van der Waals surface area contributed by atoms with E-state index >= 15 is 0 Å². The van der Waals surface area contributed by atoms with Crippen LogP contribution in [0.3, 0.4) is 0 Å². The molecule has 3 rings (SSSR count). The van der Waals surface area contributed by atoms with Gasteiger partial charge in [0, 0.05) is 29.7 Å². The lowest BCUT2D eigenvalue weighted by molar-refractivity contribution is -0.121. The fourth-order valence-corrected chi connectivity index (χ4v) is 3.26. The SMILES string of the molecule is O=C(Nc1cc(Br)c[nH]c1=O)C1CCN(C(=O)OCc2ccccc2)CC1. The van der Waals surface area contributed by atoms with Crippen molar-refractivity contribution in [1.29, 1.82) is 0 Å². The second kappa shape index (κ2) is 8.85. The molecule has 2 aromatic rings. The number of anilines is 1. The molecule has 0 saturated carbocycles. The van der Waals surface area contributed by atoms with Crippen LogP contribution in [0.25, 0.3) is 0 Å². The first-order valence-electron chi connectivity index (χ1n) is 8.67. The summed E-state index contributed by atoms with van der Waals surface area (Å²) in [6.07, 6.45) is 2.19. The number of rotatable bonds is 4. The molecule has 1 aromatic heterocycles. The minimum Gasteiger partial charge on any atom is -0.445 e. The Morgan fingerprint density at radius 2 is 1.93 bits per heavy atom. The van der Waals surface area contributed by atoms with Crippen molar-refractivity contribution in [2.75, 3.05) is 18.4 Å². The number of ether oxygens (including phenoxy) is 1. The fraction of sp³-hybridized carbons (Fsp3) is 0.316. The quantitative estimate of drug-likeness (QED) is 0.774. The number of H-pyrrole nitrogens is 1. The molecular weight excluding hydrogens is 414 g/mol. The number of benzene rings is 1. The fourth-order valence-electron chi connectivity index (χ4n) is 2.92. The molecule has 0 bridgehead atoms. The third-order valence-electron chi connectivity index (χ3n) is 4.45. The number of nitrogens with zero attached hydrogens (tertiary/aromatic N) is 1. The van der Waals surface area contributed by atoms with Crippen molar-refractivity contribution in [2.45, 2.75) is 19.4 Å². The average molecular weight is 434 g/mol. The number of hydrogen-bond donors (Lipinski definition) is 2. The summed E-state index contributed by atoms with van der Waals surface area (Å²) in [5, 5.41) is 2.66. The molecular formula is C19H20BrN3O4. The zero-order valence-electron chi connectivity index (χ0n) is 14.6. The van der Waals surface area contributed by atoms with E-state index in [0.717, 1.165) is 5.56 Å². The summed E-state index contributed by atoms with van der Waals surface area (Å²) in [5.74, 6) is -0.461. The number of aromatic nitrogens is 1. The lowest BCUT2D eigenvalue weighted by Gasteiger charge is -2.30. The number of carbonyl (C=O) groups excluding carboxylic acids is 2. The Balaban J connectivity index is 1.48. The molecule has 1 saturated heterocycles. The molecule has 27 heavy (non-hydrogen) atoms. The summed E-state index contributed by atoms with van der Waals surface area (Å²) in [5.41, 5.74) is 0.784. The Labute approximate surface area is 164 Å². The summed E-state index contributed by atoms with van der Waals surface area (Å²) in [6.45, 7) is 1.12. The largest absolute Gasteiger partial charge is 0.445 e. The number of pyridine rings is 1. The Bertz CT molecular complexity index is 861. The van der Waals surface area contributed by atoms with Gasteiger partial charge in [0.2, 0.25) is 5.91 Å². The Hall–Kier alpha value is -2.61. The molecule has 1 aliphatic heterocycles. The van der Waals surface area contributed by atoms with E-state index < -0.39 is 0 Å². The van der Waals surface area contributed by atoms with Crippen LogP contribution in [0, 0.1) is 5.92 Å². The van der Waals surface area contributed by atoms with E-state index in [1.54, 1.807) is 11.0 Å². The van der Waals surface area contributed by atoms with Gasteiger partial charge in [0.25, 0.3) is 5.56 Å². The second-order valence-electron chi connectivity index (χ2n) is 6.35. The van der Waals surface area contributed by atoms with Crippen molar-refractivity contribution in [2.24, 2.45) is 5.92 Å². The van der Waals surface area contributed by atoms with Gasteiger partial charge < -0.3 is 19.9 Å². The molecule has 1 fully saturated rings. The van der Waals surface area contributed by atoms with E-state index in [2.05, 4.69) is 26.2 Å². The summed E-state index contributed by atoms with van der Waals surface area (Å²) in [4.78, 5) is 40.5. The third kappa shape index (κ3) is 5.19. The van der Waals surface area contributed by atoms with Crippen molar-refractivity contribution in [3.8, 4) is 0 Å². The van der Waals surface area contributed by atoms with E-state index in [1.165, 1.54) is 6.20 Å². The van der Waals surface area contributed by atoms with Crippen LogP contribution in [0.1, 0.15) is 18.4 Å². The smallest absolute Gasteiger partial charge is 0.410 e. The maximum Gasteiger partial charge on any atom is 0.410 e. The highest BCUT2D eigenvalue weighted by Gasteiger charge is 2.28. The van der Waals surface area contributed by atoms with Crippen LogP contribution in [0.2, 0.25) is 0 Å². The van der Waals surface area contributed by atoms with Crippen LogP contribution in [-0.2, 0) is 16.1 Å². The monoisotopic (exact) mass is 433 g/mol. The first-order chi connectivity index (χ1) is 13.0. The van der Waals surface area contributed by atoms with Gasteiger partial charge in [0.1, 0.15) is 12.3 Å². The topological polar surface area (TPSA) is 91.5 Å². The van der Waals surface area contributed by atoms with Crippen molar-refractivity contribution < 1.29 is 14.3 Å². The highest BCUT2D eigenvalue weighted by Crippen LogP contribution is 2.20. The van der Waals surface area contributed by atoms with Gasteiger partial charge in [-0.3, -0.25) is 9.59 Å². The van der Waals surface area contributed by atoms with E-state index in [-0.39, 0.29) is 35.8 Å². The normalized spacial score (nSPS) is 14.6. The molecule has 1 aromatic carbocycles. The predicted octanol–water partition coefficient (Wildman–Crippen LogP) is 3.12. The number of likely N-dealkylation sites (tertiary alicyclic amines) is 1. The van der Waals surface area contributed by atoms with Gasteiger partial charge in [-0.25, -0.2) is 4.79 Å². The highest BCUT2D eigenvalue weighted by atomic mass is 79.9. The third-order valence-corrected chi connectivity index (χ3v) is 4.91. The number of piperidine rings is 1. The van der Waals surface area contributed by atoms with Gasteiger partial charge in [-0.2, -0.15) is 0 Å². The lowest BCUT2D eigenvalue weighted by atomic mass is 9.96. The van der Waals surface area contributed by atoms with Crippen molar-refractivity contribution in [1.82, 2.24) is 9.88 Å². The van der Waals surface area contributed by atoms with E-state index in [0.29, 0.717) is 30.4 Å². The van der Waals surface area contributed by atoms with Crippen LogP contribution in [0.15, 0.2) is 51.9 Å². The molecule has 0 radical (unpaired) electrons. The van der Waals surface area contributed by atoms with Gasteiger partial charge >= 0.3 is 6.09 Å². The molecule has 1 aliphatic rings. The van der Waals surface area contributed by atoms with Crippen LogP contribution >= 0.6 is 15.9 Å². The number of halogens is 1. The van der Waals surface area contributed by atoms with Gasteiger partial charge in [-0.15, -0.1) is 0 Å². The predicted molar refractivity (Wildman–Crippen MR) is 104 cm³/mol. The van der Waals surface area contributed by atoms with Crippen LogP contribution < -0.4 is 10.9 Å². The zero-order valence-corrected chi connectivity index (χ0v) is 16.2. The van der Waals surface area contributed by atoms with Crippen LogP contribution in [-0.4, -0.2) is 35.0 Å². The van der Waals surface area contributed by atoms with E-state index in [4.69, 9.17) is 4.74 Å².